The Labute approximate surface area is 117 Å². The lowest BCUT2D eigenvalue weighted by Gasteiger charge is -2.21. The van der Waals surface area contributed by atoms with Crippen molar-refractivity contribution in [2.45, 2.75) is 51.0 Å². The Morgan fingerprint density at radius 2 is 1.70 bits per heavy atom. The molecule has 0 aromatic heterocycles. The summed E-state index contributed by atoms with van der Waals surface area (Å²) in [5.74, 6) is -2.62. The molecule has 1 aliphatic carbocycles. The highest BCUT2D eigenvalue weighted by molar-refractivity contribution is 5.89. The molecule has 0 spiro atoms. The number of carbonyl (C=O) groups is 1. The highest BCUT2D eigenvalue weighted by atomic mass is 19.3. The van der Waals surface area contributed by atoms with Crippen molar-refractivity contribution in [1.29, 1.82) is 0 Å². The summed E-state index contributed by atoms with van der Waals surface area (Å²) in [4.78, 5) is 11.7. The fourth-order valence-corrected chi connectivity index (χ4v) is 2.14. The minimum atomic E-state index is -2.62. The van der Waals surface area contributed by atoms with Gasteiger partial charge in [0.25, 0.3) is 5.92 Å². The predicted molar refractivity (Wildman–Crippen MR) is 75.3 cm³/mol. The molecule has 110 valence electrons. The van der Waals surface area contributed by atoms with Crippen LogP contribution in [0.25, 0.3) is 0 Å². The first-order chi connectivity index (χ1) is 9.03. The maximum atomic E-state index is 13.3. The molecule has 2 rings (SSSR count). The second kappa shape index (κ2) is 4.43. The van der Waals surface area contributed by atoms with Gasteiger partial charge >= 0.3 is 6.03 Å². The van der Waals surface area contributed by atoms with Crippen molar-refractivity contribution in [2.24, 2.45) is 0 Å². The molecular formula is C15H20F2N2O. The Morgan fingerprint density at radius 1 is 1.20 bits per heavy atom. The molecule has 20 heavy (non-hydrogen) atoms. The molecule has 0 saturated heterocycles. The van der Waals surface area contributed by atoms with E-state index >= 15 is 0 Å². The Kier molecular flexibility index (Phi) is 3.27. The third-order valence-electron chi connectivity index (χ3n) is 3.53. The van der Waals surface area contributed by atoms with Gasteiger partial charge in [-0.1, -0.05) is 12.1 Å². The van der Waals surface area contributed by atoms with E-state index < -0.39 is 11.3 Å². The summed E-state index contributed by atoms with van der Waals surface area (Å²) in [5.41, 5.74) is -0.195. The van der Waals surface area contributed by atoms with Gasteiger partial charge in [0.05, 0.1) is 5.41 Å². The van der Waals surface area contributed by atoms with Crippen LogP contribution >= 0.6 is 0 Å². The van der Waals surface area contributed by atoms with E-state index in [0.29, 0.717) is 11.3 Å². The first-order valence-electron chi connectivity index (χ1n) is 6.61. The monoisotopic (exact) mass is 282 g/mol. The van der Waals surface area contributed by atoms with Crippen molar-refractivity contribution in [3.05, 3.63) is 29.8 Å². The van der Waals surface area contributed by atoms with Gasteiger partial charge in [0.1, 0.15) is 0 Å². The average molecular weight is 282 g/mol. The van der Waals surface area contributed by atoms with Crippen LogP contribution in [0.3, 0.4) is 0 Å². The lowest BCUT2D eigenvalue weighted by Crippen LogP contribution is -2.43. The molecule has 1 atom stereocenters. The largest absolute Gasteiger partial charge is 0.333 e. The van der Waals surface area contributed by atoms with Crippen LogP contribution in [0.5, 0.6) is 0 Å². The first kappa shape index (κ1) is 14.8. The number of nitrogens with one attached hydrogen (secondary N) is 2. The Morgan fingerprint density at radius 3 is 2.10 bits per heavy atom. The van der Waals surface area contributed by atoms with Crippen LogP contribution in [0.2, 0.25) is 0 Å². The summed E-state index contributed by atoms with van der Waals surface area (Å²) in [5, 5.41) is 5.45. The number of hydrogen-bond acceptors (Lipinski definition) is 1. The molecular weight excluding hydrogens is 262 g/mol. The topological polar surface area (TPSA) is 41.1 Å². The van der Waals surface area contributed by atoms with Crippen molar-refractivity contribution in [1.82, 2.24) is 5.32 Å². The van der Waals surface area contributed by atoms with Crippen molar-refractivity contribution in [2.75, 3.05) is 5.32 Å². The molecule has 1 fully saturated rings. The van der Waals surface area contributed by atoms with Crippen LogP contribution < -0.4 is 10.6 Å². The minimum Gasteiger partial charge on any atom is -0.333 e. The number of urea groups is 1. The van der Waals surface area contributed by atoms with E-state index in [1.54, 1.807) is 31.2 Å². The fourth-order valence-electron chi connectivity index (χ4n) is 2.14. The normalized spacial score (nSPS) is 24.1. The molecule has 1 unspecified atom stereocenters. The van der Waals surface area contributed by atoms with E-state index in [2.05, 4.69) is 10.6 Å². The second-order valence-corrected chi connectivity index (χ2v) is 6.62. The molecule has 0 heterocycles. The minimum absolute atomic E-state index is 0.114. The molecule has 2 amide bonds. The summed E-state index contributed by atoms with van der Waals surface area (Å²) in [6.07, 6.45) is -0.114. The molecule has 2 N–H and O–H groups in total. The van der Waals surface area contributed by atoms with Crippen LogP contribution in [-0.2, 0) is 5.41 Å². The van der Waals surface area contributed by atoms with Crippen LogP contribution in [0, 0.1) is 0 Å². The molecule has 1 aliphatic rings. The Balaban J connectivity index is 2.01. The average Bonchev–Trinajstić information content (AvgIpc) is 2.77. The van der Waals surface area contributed by atoms with E-state index in [-0.39, 0.29) is 18.0 Å². The lowest BCUT2D eigenvalue weighted by molar-refractivity contribution is 0.0920. The van der Waals surface area contributed by atoms with E-state index in [9.17, 15) is 13.6 Å². The molecule has 5 heteroatoms. The predicted octanol–water partition coefficient (Wildman–Crippen LogP) is 3.90. The summed E-state index contributed by atoms with van der Waals surface area (Å²) < 4.78 is 26.6. The number of amides is 2. The molecule has 0 aliphatic heterocycles. The third-order valence-corrected chi connectivity index (χ3v) is 3.53. The van der Waals surface area contributed by atoms with Gasteiger partial charge < -0.3 is 10.6 Å². The van der Waals surface area contributed by atoms with Gasteiger partial charge in [0.15, 0.2) is 0 Å². The lowest BCUT2D eigenvalue weighted by atomic mass is 9.97. The first-order valence-corrected chi connectivity index (χ1v) is 6.61. The van der Waals surface area contributed by atoms with Crippen molar-refractivity contribution < 1.29 is 13.6 Å². The fraction of sp³-hybridized carbons (Fsp3) is 0.533. The van der Waals surface area contributed by atoms with Gasteiger partial charge in [-0.15, -0.1) is 0 Å². The molecule has 3 nitrogen and oxygen atoms in total. The zero-order valence-corrected chi connectivity index (χ0v) is 12.2. The molecule has 1 aromatic rings. The highest BCUT2D eigenvalue weighted by Crippen LogP contribution is 2.61. The van der Waals surface area contributed by atoms with E-state index in [1.807, 2.05) is 20.8 Å². The molecule has 1 aromatic carbocycles. The van der Waals surface area contributed by atoms with Gasteiger partial charge in [-0.3, -0.25) is 0 Å². The third kappa shape index (κ3) is 2.92. The summed E-state index contributed by atoms with van der Waals surface area (Å²) in [7, 11) is 0. The van der Waals surface area contributed by atoms with Crippen LogP contribution in [0.1, 0.15) is 39.7 Å². The van der Waals surface area contributed by atoms with E-state index in [1.165, 1.54) is 0 Å². The number of hydrogen-bond donors (Lipinski definition) is 2. The Hall–Kier alpha value is -1.65. The number of halogens is 2. The molecule has 0 bridgehead atoms. The quantitative estimate of drug-likeness (QED) is 0.848. The van der Waals surface area contributed by atoms with E-state index in [0.717, 1.165) is 0 Å². The molecule has 1 saturated carbocycles. The SMILES string of the molecule is CC(C)(C)NC(=O)Nc1ccc(C2(C)CC2(F)F)cc1. The smallest absolute Gasteiger partial charge is 0.319 e. The van der Waals surface area contributed by atoms with Crippen molar-refractivity contribution in [3.63, 3.8) is 0 Å². The summed E-state index contributed by atoms with van der Waals surface area (Å²) in [6, 6.07) is 6.28. The van der Waals surface area contributed by atoms with Crippen LogP contribution in [0.15, 0.2) is 24.3 Å². The maximum Gasteiger partial charge on any atom is 0.319 e. The van der Waals surface area contributed by atoms with Crippen molar-refractivity contribution in [3.8, 4) is 0 Å². The van der Waals surface area contributed by atoms with Gasteiger partial charge in [0, 0.05) is 17.6 Å². The van der Waals surface area contributed by atoms with Gasteiger partial charge in [-0.2, -0.15) is 0 Å². The number of anilines is 1. The second-order valence-electron chi connectivity index (χ2n) is 6.62. The zero-order chi connectivity index (χ0) is 15.2. The number of benzene rings is 1. The van der Waals surface area contributed by atoms with Crippen LogP contribution in [-0.4, -0.2) is 17.5 Å². The van der Waals surface area contributed by atoms with Gasteiger partial charge in [-0.25, -0.2) is 13.6 Å². The number of alkyl halides is 2. The van der Waals surface area contributed by atoms with Gasteiger partial charge in [-0.05, 0) is 45.4 Å². The van der Waals surface area contributed by atoms with Crippen molar-refractivity contribution >= 4 is 11.7 Å². The summed E-state index contributed by atoms with van der Waals surface area (Å²) >= 11 is 0. The maximum absolute atomic E-state index is 13.3. The number of rotatable bonds is 2. The number of carbonyl (C=O) groups excluding carboxylic acids is 1. The molecule has 0 radical (unpaired) electrons. The highest BCUT2D eigenvalue weighted by Gasteiger charge is 2.68. The van der Waals surface area contributed by atoms with Gasteiger partial charge in [0.2, 0.25) is 0 Å². The summed E-state index contributed by atoms with van der Waals surface area (Å²) in [6.45, 7) is 7.20. The zero-order valence-electron chi connectivity index (χ0n) is 12.2. The standard InChI is InChI=1S/C15H20F2N2O/c1-13(2,3)19-12(20)18-11-7-5-10(6-8-11)14(4)9-15(14,16)17/h5-8H,9H2,1-4H3,(H2,18,19,20). The van der Waals surface area contributed by atoms with E-state index in [4.69, 9.17) is 0 Å². The Bertz CT molecular complexity index is 520. The van der Waals surface area contributed by atoms with Crippen LogP contribution in [0.4, 0.5) is 19.3 Å².